The first kappa shape index (κ1) is 12.3. The van der Waals surface area contributed by atoms with Gasteiger partial charge in [0.15, 0.2) is 0 Å². The standard InChI is InChI=1S/C14H12N4O2/c19-14(20)7-10(11-2-1-5-17-18-11)9-3-4-12-13(6-9)16-8-15-12/h1-6,8,10H,7H2,(H,15,16)(H,19,20). The van der Waals surface area contributed by atoms with Gasteiger partial charge in [-0.05, 0) is 29.8 Å². The molecular formula is C14H12N4O2. The summed E-state index contributed by atoms with van der Waals surface area (Å²) in [5, 5.41) is 17.0. The number of benzene rings is 1. The van der Waals surface area contributed by atoms with E-state index >= 15 is 0 Å². The Morgan fingerprint density at radius 2 is 2.25 bits per heavy atom. The topological polar surface area (TPSA) is 91.8 Å². The molecule has 0 aliphatic heterocycles. The summed E-state index contributed by atoms with van der Waals surface area (Å²) >= 11 is 0. The zero-order valence-corrected chi connectivity index (χ0v) is 10.5. The number of carboxylic acids is 1. The van der Waals surface area contributed by atoms with Crippen molar-refractivity contribution in [2.24, 2.45) is 0 Å². The highest BCUT2D eigenvalue weighted by atomic mass is 16.4. The second-order valence-electron chi connectivity index (χ2n) is 4.48. The van der Waals surface area contributed by atoms with E-state index in [4.69, 9.17) is 5.11 Å². The van der Waals surface area contributed by atoms with Crippen LogP contribution in [0.15, 0.2) is 42.9 Å². The van der Waals surface area contributed by atoms with Crippen LogP contribution in [0.3, 0.4) is 0 Å². The van der Waals surface area contributed by atoms with Gasteiger partial charge in [-0.25, -0.2) is 4.98 Å². The second kappa shape index (κ2) is 5.08. The molecule has 0 aliphatic rings. The van der Waals surface area contributed by atoms with Crippen LogP contribution < -0.4 is 0 Å². The Balaban J connectivity index is 2.06. The molecule has 0 fully saturated rings. The Kier molecular flexibility index (Phi) is 3.12. The van der Waals surface area contributed by atoms with Crippen molar-refractivity contribution in [3.63, 3.8) is 0 Å². The molecule has 1 aromatic carbocycles. The number of carbonyl (C=O) groups is 1. The second-order valence-corrected chi connectivity index (χ2v) is 4.48. The molecule has 0 radical (unpaired) electrons. The molecule has 2 N–H and O–H groups in total. The third-order valence-electron chi connectivity index (χ3n) is 3.18. The number of imidazole rings is 1. The highest BCUT2D eigenvalue weighted by molar-refractivity contribution is 5.76. The lowest BCUT2D eigenvalue weighted by Gasteiger charge is -2.14. The van der Waals surface area contributed by atoms with Crippen LogP contribution in [0.2, 0.25) is 0 Å². The van der Waals surface area contributed by atoms with Crippen LogP contribution in [-0.2, 0) is 4.79 Å². The van der Waals surface area contributed by atoms with Crippen molar-refractivity contribution in [2.45, 2.75) is 12.3 Å². The van der Waals surface area contributed by atoms with Crippen molar-refractivity contribution in [1.29, 1.82) is 0 Å². The molecule has 0 aliphatic carbocycles. The van der Waals surface area contributed by atoms with Gasteiger partial charge in [-0.3, -0.25) is 4.79 Å². The number of aromatic amines is 1. The summed E-state index contributed by atoms with van der Waals surface area (Å²) in [5.74, 6) is -1.20. The van der Waals surface area contributed by atoms with Crippen LogP contribution in [0.4, 0.5) is 0 Å². The van der Waals surface area contributed by atoms with Crippen molar-refractivity contribution in [3.05, 3.63) is 54.1 Å². The van der Waals surface area contributed by atoms with Gasteiger partial charge >= 0.3 is 5.97 Å². The minimum absolute atomic E-state index is 0.0294. The normalized spacial score (nSPS) is 12.4. The molecule has 3 rings (SSSR count). The third-order valence-corrected chi connectivity index (χ3v) is 3.18. The summed E-state index contributed by atoms with van der Waals surface area (Å²) in [6.07, 6.45) is 3.15. The maximum atomic E-state index is 11.1. The van der Waals surface area contributed by atoms with E-state index in [2.05, 4.69) is 20.2 Å². The van der Waals surface area contributed by atoms with Crippen molar-refractivity contribution in [1.82, 2.24) is 20.2 Å². The summed E-state index contributed by atoms with van der Waals surface area (Å²) in [6.45, 7) is 0. The number of H-pyrrole nitrogens is 1. The molecule has 6 nitrogen and oxygen atoms in total. The molecule has 20 heavy (non-hydrogen) atoms. The van der Waals surface area contributed by atoms with Gasteiger partial charge in [0.05, 0.1) is 29.5 Å². The summed E-state index contributed by atoms with van der Waals surface area (Å²) in [6, 6.07) is 9.20. The van der Waals surface area contributed by atoms with Gasteiger partial charge in [-0.2, -0.15) is 10.2 Å². The van der Waals surface area contributed by atoms with Crippen LogP contribution in [0.25, 0.3) is 11.0 Å². The Morgan fingerprint density at radius 1 is 1.35 bits per heavy atom. The lowest BCUT2D eigenvalue weighted by Crippen LogP contribution is -2.10. The third kappa shape index (κ3) is 2.35. The van der Waals surface area contributed by atoms with Gasteiger partial charge in [0.1, 0.15) is 0 Å². The summed E-state index contributed by atoms with van der Waals surface area (Å²) in [7, 11) is 0. The highest BCUT2D eigenvalue weighted by Gasteiger charge is 2.20. The number of hydrogen-bond acceptors (Lipinski definition) is 4. The van der Waals surface area contributed by atoms with E-state index in [1.54, 1.807) is 24.7 Å². The van der Waals surface area contributed by atoms with Crippen molar-refractivity contribution in [3.8, 4) is 0 Å². The monoisotopic (exact) mass is 268 g/mol. The van der Waals surface area contributed by atoms with E-state index in [1.165, 1.54) is 0 Å². The maximum absolute atomic E-state index is 11.1. The fourth-order valence-corrected chi connectivity index (χ4v) is 2.24. The minimum atomic E-state index is -0.870. The van der Waals surface area contributed by atoms with E-state index in [0.717, 1.165) is 16.6 Å². The van der Waals surface area contributed by atoms with Crippen LogP contribution >= 0.6 is 0 Å². The van der Waals surface area contributed by atoms with E-state index < -0.39 is 5.97 Å². The molecule has 1 unspecified atom stereocenters. The van der Waals surface area contributed by atoms with Crippen molar-refractivity contribution in [2.75, 3.05) is 0 Å². The first-order valence-corrected chi connectivity index (χ1v) is 6.16. The molecule has 6 heteroatoms. The first-order chi connectivity index (χ1) is 9.74. The molecule has 0 amide bonds. The summed E-state index contributed by atoms with van der Waals surface area (Å²) in [4.78, 5) is 18.3. The maximum Gasteiger partial charge on any atom is 0.304 e. The van der Waals surface area contributed by atoms with Gasteiger partial charge in [-0.15, -0.1) is 0 Å². The smallest absolute Gasteiger partial charge is 0.304 e. The summed E-state index contributed by atoms with van der Waals surface area (Å²) < 4.78 is 0. The zero-order chi connectivity index (χ0) is 13.9. The SMILES string of the molecule is O=C(O)CC(c1ccc2nc[nH]c2c1)c1cccnn1. The van der Waals surface area contributed by atoms with E-state index in [0.29, 0.717) is 5.69 Å². The van der Waals surface area contributed by atoms with Crippen LogP contribution in [0, 0.1) is 0 Å². The number of carboxylic acid groups (broad SMARTS) is 1. The molecular weight excluding hydrogens is 256 g/mol. The fourth-order valence-electron chi connectivity index (χ4n) is 2.24. The van der Waals surface area contributed by atoms with Crippen LogP contribution in [-0.4, -0.2) is 31.2 Å². The molecule has 100 valence electrons. The molecule has 0 saturated heterocycles. The van der Waals surface area contributed by atoms with Gasteiger partial charge in [-0.1, -0.05) is 6.07 Å². The average molecular weight is 268 g/mol. The van der Waals surface area contributed by atoms with E-state index in [9.17, 15) is 4.79 Å². The number of rotatable bonds is 4. The first-order valence-electron chi connectivity index (χ1n) is 6.16. The van der Waals surface area contributed by atoms with E-state index in [-0.39, 0.29) is 12.3 Å². The predicted octanol–water partition coefficient (Wildman–Crippen LogP) is 1.96. The Bertz CT molecular complexity index is 739. The number of nitrogens with one attached hydrogen (secondary N) is 1. The van der Waals surface area contributed by atoms with Crippen LogP contribution in [0.5, 0.6) is 0 Å². The molecule has 3 aromatic rings. The molecule has 2 aromatic heterocycles. The number of fused-ring (bicyclic) bond motifs is 1. The lowest BCUT2D eigenvalue weighted by atomic mass is 9.92. The van der Waals surface area contributed by atoms with Gasteiger partial charge in [0, 0.05) is 12.1 Å². The average Bonchev–Trinajstić information content (AvgIpc) is 2.93. The Labute approximate surface area is 114 Å². The highest BCUT2D eigenvalue weighted by Crippen LogP contribution is 2.28. The lowest BCUT2D eigenvalue weighted by molar-refractivity contribution is -0.137. The molecule has 2 heterocycles. The predicted molar refractivity (Wildman–Crippen MR) is 72.2 cm³/mol. The molecule has 0 saturated carbocycles. The molecule has 0 bridgehead atoms. The van der Waals surface area contributed by atoms with Crippen molar-refractivity contribution >= 4 is 17.0 Å². The van der Waals surface area contributed by atoms with Gasteiger partial charge in [0.2, 0.25) is 0 Å². The number of aromatic nitrogens is 4. The van der Waals surface area contributed by atoms with Gasteiger partial charge in [0.25, 0.3) is 0 Å². The van der Waals surface area contributed by atoms with E-state index in [1.807, 2.05) is 18.2 Å². The number of aliphatic carboxylic acids is 1. The quantitative estimate of drug-likeness (QED) is 0.754. The van der Waals surface area contributed by atoms with Crippen molar-refractivity contribution < 1.29 is 9.90 Å². The fraction of sp³-hybridized carbons (Fsp3) is 0.143. The number of hydrogen-bond donors (Lipinski definition) is 2. The Hall–Kier alpha value is -2.76. The van der Waals surface area contributed by atoms with Crippen LogP contribution in [0.1, 0.15) is 23.6 Å². The number of nitrogens with zero attached hydrogens (tertiary/aromatic N) is 3. The summed E-state index contributed by atoms with van der Waals surface area (Å²) in [5.41, 5.74) is 3.25. The minimum Gasteiger partial charge on any atom is -0.481 e. The van der Waals surface area contributed by atoms with Gasteiger partial charge < -0.3 is 10.1 Å². The Morgan fingerprint density at radius 3 is 3.00 bits per heavy atom. The molecule has 0 spiro atoms. The molecule has 1 atom stereocenters. The zero-order valence-electron chi connectivity index (χ0n) is 10.5. The largest absolute Gasteiger partial charge is 0.481 e.